The standard InChI is InChI=1S/C16H15FN2O/c17-13-4-5-16-12(10-13)6-7-19(16)8-9-20-15-3-1-2-14(18)11-15/h1-7,10-11H,8-9,18H2. The van der Waals surface area contributed by atoms with Gasteiger partial charge in [-0.2, -0.15) is 0 Å². The highest BCUT2D eigenvalue weighted by Crippen LogP contribution is 2.18. The van der Waals surface area contributed by atoms with E-state index in [1.165, 1.54) is 12.1 Å². The van der Waals surface area contributed by atoms with Crippen LogP contribution in [0.15, 0.2) is 54.7 Å². The zero-order valence-electron chi connectivity index (χ0n) is 10.9. The lowest BCUT2D eigenvalue weighted by Gasteiger charge is -2.08. The molecule has 4 heteroatoms. The summed E-state index contributed by atoms with van der Waals surface area (Å²) in [6.07, 6.45) is 1.94. The molecule has 0 saturated carbocycles. The predicted octanol–water partition coefficient (Wildman–Crippen LogP) is 3.44. The summed E-state index contributed by atoms with van der Waals surface area (Å²) in [6, 6.07) is 14.0. The van der Waals surface area contributed by atoms with Gasteiger partial charge >= 0.3 is 0 Å². The molecule has 0 unspecified atom stereocenters. The average Bonchev–Trinajstić information content (AvgIpc) is 2.81. The minimum Gasteiger partial charge on any atom is -0.492 e. The van der Waals surface area contributed by atoms with Gasteiger partial charge in [0.05, 0.1) is 6.54 Å². The Morgan fingerprint density at radius 1 is 1.10 bits per heavy atom. The molecule has 3 aromatic rings. The lowest BCUT2D eigenvalue weighted by Crippen LogP contribution is -2.07. The summed E-state index contributed by atoms with van der Waals surface area (Å²) < 4.78 is 20.8. The summed E-state index contributed by atoms with van der Waals surface area (Å²) in [5, 5.41) is 0.897. The first kappa shape index (κ1) is 12.5. The maximum Gasteiger partial charge on any atom is 0.123 e. The maximum atomic E-state index is 13.1. The molecule has 3 nitrogen and oxygen atoms in total. The van der Waals surface area contributed by atoms with Crippen LogP contribution < -0.4 is 10.5 Å². The van der Waals surface area contributed by atoms with Crippen LogP contribution in [0.1, 0.15) is 0 Å². The van der Waals surface area contributed by atoms with Crippen LogP contribution in [0.3, 0.4) is 0 Å². The van der Waals surface area contributed by atoms with Gasteiger partial charge in [-0.05, 0) is 36.4 Å². The third-order valence-electron chi connectivity index (χ3n) is 3.19. The Morgan fingerprint density at radius 2 is 2.00 bits per heavy atom. The van der Waals surface area contributed by atoms with Crippen molar-refractivity contribution >= 4 is 16.6 Å². The van der Waals surface area contributed by atoms with E-state index in [2.05, 4.69) is 0 Å². The van der Waals surface area contributed by atoms with Crippen LogP contribution >= 0.6 is 0 Å². The number of benzene rings is 2. The van der Waals surface area contributed by atoms with Gasteiger partial charge in [-0.25, -0.2) is 4.39 Å². The van der Waals surface area contributed by atoms with Gasteiger partial charge < -0.3 is 15.0 Å². The molecule has 0 aliphatic heterocycles. The van der Waals surface area contributed by atoms with Crippen molar-refractivity contribution < 1.29 is 9.13 Å². The van der Waals surface area contributed by atoms with Crippen LogP contribution in [0.2, 0.25) is 0 Å². The molecule has 1 heterocycles. The van der Waals surface area contributed by atoms with Crippen molar-refractivity contribution in [3.05, 3.63) is 60.5 Å². The van der Waals surface area contributed by atoms with E-state index in [0.717, 1.165) is 16.7 Å². The Bertz CT molecular complexity index is 736. The number of ether oxygens (including phenoxy) is 1. The molecule has 1 aromatic heterocycles. The fourth-order valence-electron chi connectivity index (χ4n) is 2.23. The second kappa shape index (κ2) is 5.25. The van der Waals surface area contributed by atoms with Gasteiger partial charge in [0, 0.05) is 28.9 Å². The molecular weight excluding hydrogens is 255 g/mol. The Hall–Kier alpha value is -2.49. The van der Waals surface area contributed by atoms with E-state index in [4.69, 9.17) is 10.5 Å². The van der Waals surface area contributed by atoms with E-state index in [0.29, 0.717) is 18.8 Å². The van der Waals surface area contributed by atoms with Crippen molar-refractivity contribution in [3.63, 3.8) is 0 Å². The lowest BCUT2D eigenvalue weighted by molar-refractivity contribution is 0.300. The smallest absolute Gasteiger partial charge is 0.123 e. The van der Waals surface area contributed by atoms with Crippen LogP contribution in [0.4, 0.5) is 10.1 Å². The Morgan fingerprint density at radius 3 is 2.85 bits per heavy atom. The number of nitrogen functional groups attached to an aromatic ring is 1. The summed E-state index contributed by atoms with van der Waals surface area (Å²) in [6.45, 7) is 1.23. The normalized spacial score (nSPS) is 10.8. The van der Waals surface area contributed by atoms with Crippen molar-refractivity contribution in [1.82, 2.24) is 4.57 Å². The van der Waals surface area contributed by atoms with Crippen molar-refractivity contribution in [2.75, 3.05) is 12.3 Å². The SMILES string of the molecule is Nc1cccc(OCCn2ccc3cc(F)ccc32)c1. The molecule has 0 atom stereocenters. The highest BCUT2D eigenvalue weighted by molar-refractivity contribution is 5.80. The summed E-state index contributed by atoms with van der Waals surface area (Å²) in [5.74, 6) is 0.541. The summed E-state index contributed by atoms with van der Waals surface area (Å²) in [7, 11) is 0. The quantitative estimate of drug-likeness (QED) is 0.738. The second-order valence-corrected chi connectivity index (χ2v) is 4.63. The molecular formula is C16H15FN2O. The zero-order valence-corrected chi connectivity index (χ0v) is 10.9. The topological polar surface area (TPSA) is 40.2 Å². The highest BCUT2D eigenvalue weighted by atomic mass is 19.1. The zero-order chi connectivity index (χ0) is 13.9. The number of fused-ring (bicyclic) bond motifs is 1. The van der Waals surface area contributed by atoms with E-state index in [9.17, 15) is 4.39 Å². The number of anilines is 1. The van der Waals surface area contributed by atoms with Crippen molar-refractivity contribution in [1.29, 1.82) is 0 Å². The number of rotatable bonds is 4. The molecule has 0 spiro atoms. The third-order valence-corrected chi connectivity index (χ3v) is 3.19. The van der Waals surface area contributed by atoms with E-state index >= 15 is 0 Å². The Balaban J connectivity index is 1.68. The van der Waals surface area contributed by atoms with Crippen LogP contribution in [0.5, 0.6) is 5.75 Å². The number of hydrogen-bond donors (Lipinski definition) is 1. The second-order valence-electron chi connectivity index (χ2n) is 4.63. The van der Waals surface area contributed by atoms with E-state index in [1.807, 2.05) is 35.0 Å². The lowest BCUT2D eigenvalue weighted by atomic mass is 10.2. The maximum absolute atomic E-state index is 13.1. The number of aromatic nitrogens is 1. The first-order valence-corrected chi connectivity index (χ1v) is 6.45. The molecule has 3 rings (SSSR count). The van der Waals surface area contributed by atoms with Gasteiger partial charge in [-0.1, -0.05) is 6.07 Å². The molecule has 0 amide bonds. The van der Waals surface area contributed by atoms with Crippen LogP contribution in [-0.4, -0.2) is 11.2 Å². The molecule has 0 aliphatic carbocycles. The number of hydrogen-bond acceptors (Lipinski definition) is 2. The van der Waals surface area contributed by atoms with Crippen molar-refractivity contribution in [3.8, 4) is 5.75 Å². The van der Waals surface area contributed by atoms with Gasteiger partial charge in [0.15, 0.2) is 0 Å². The molecule has 0 aliphatic rings. The van der Waals surface area contributed by atoms with Gasteiger partial charge in [0.1, 0.15) is 18.2 Å². The molecule has 102 valence electrons. The first-order valence-electron chi connectivity index (χ1n) is 6.45. The largest absolute Gasteiger partial charge is 0.492 e. The average molecular weight is 270 g/mol. The molecule has 20 heavy (non-hydrogen) atoms. The van der Waals surface area contributed by atoms with E-state index in [1.54, 1.807) is 12.1 Å². The molecule has 0 radical (unpaired) electrons. The summed E-state index contributed by atoms with van der Waals surface area (Å²) in [4.78, 5) is 0. The van der Waals surface area contributed by atoms with Crippen LogP contribution in [0.25, 0.3) is 10.9 Å². The third kappa shape index (κ3) is 2.59. The van der Waals surface area contributed by atoms with Gasteiger partial charge in [-0.3, -0.25) is 0 Å². The molecule has 2 aromatic carbocycles. The summed E-state index contributed by atoms with van der Waals surface area (Å²) in [5.41, 5.74) is 7.38. The molecule has 2 N–H and O–H groups in total. The fraction of sp³-hybridized carbons (Fsp3) is 0.125. The number of nitrogens with zero attached hydrogens (tertiary/aromatic N) is 1. The van der Waals surface area contributed by atoms with Crippen molar-refractivity contribution in [2.45, 2.75) is 6.54 Å². The van der Waals surface area contributed by atoms with Gasteiger partial charge in [0.2, 0.25) is 0 Å². The number of halogens is 1. The van der Waals surface area contributed by atoms with Crippen LogP contribution in [0, 0.1) is 5.82 Å². The Labute approximate surface area is 116 Å². The first-order chi connectivity index (χ1) is 9.72. The summed E-state index contributed by atoms with van der Waals surface area (Å²) >= 11 is 0. The Kier molecular flexibility index (Phi) is 3.29. The van der Waals surface area contributed by atoms with Crippen molar-refractivity contribution in [2.24, 2.45) is 0 Å². The minimum absolute atomic E-state index is 0.216. The molecule has 0 bridgehead atoms. The molecule has 0 fully saturated rings. The van der Waals surface area contributed by atoms with E-state index in [-0.39, 0.29) is 5.82 Å². The number of nitrogens with two attached hydrogens (primary N) is 1. The van der Waals surface area contributed by atoms with Gasteiger partial charge in [-0.15, -0.1) is 0 Å². The monoisotopic (exact) mass is 270 g/mol. The molecule has 0 saturated heterocycles. The highest BCUT2D eigenvalue weighted by Gasteiger charge is 2.02. The predicted molar refractivity (Wildman–Crippen MR) is 78.2 cm³/mol. The van der Waals surface area contributed by atoms with E-state index < -0.39 is 0 Å². The van der Waals surface area contributed by atoms with Crippen LogP contribution in [-0.2, 0) is 6.54 Å². The van der Waals surface area contributed by atoms with Gasteiger partial charge in [0.25, 0.3) is 0 Å². The fourth-order valence-corrected chi connectivity index (χ4v) is 2.23. The minimum atomic E-state index is -0.216.